The lowest BCUT2D eigenvalue weighted by Gasteiger charge is -2.09. The maximum atomic E-state index is 13.9. The highest BCUT2D eigenvalue weighted by atomic mass is 19.4. The Labute approximate surface area is 124 Å². The zero-order valence-electron chi connectivity index (χ0n) is 11.2. The number of halogens is 7. The van der Waals surface area contributed by atoms with E-state index in [2.05, 4.69) is 14.6 Å². The van der Waals surface area contributed by atoms with Crippen molar-refractivity contribution in [3.8, 4) is 17.3 Å². The van der Waals surface area contributed by atoms with Crippen molar-refractivity contribution < 1.29 is 40.2 Å². The highest BCUT2D eigenvalue weighted by Gasteiger charge is 2.42. The first-order valence-electron chi connectivity index (χ1n) is 5.79. The van der Waals surface area contributed by atoms with Gasteiger partial charge in [0.2, 0.25) is 11.8 Å². The molecule has 0 atom stereocenters. The lowest BCUT2D eigenvalue weighted by Crippen LogP contribution is -2.17. The topological polar surface area (TPSA) is 36.3 Å². The van der Waals surface area contributed by atoms with Crippen molar-refractivity contribution in [1.82, 2.24) is 9.78 Å². The molecule has 126 valence electrons. The molecule has 0 aliphatic rings. The summed E-state index contributed by atoms with van der Waals surface area (Å²) in [4.78, 5) is 0. The maximum absolute atomic E-state index is 13.9. The van der Waals surface area contributed by atoms with Gasteiger partial charge in [-0.3, -0.25) is 0 Å². The molecule has 0 unspecified atom stereocenters. The zero-order chi connectivity index (χ0) is 17.4. The molecular weight excluding hydrogens is 337 g/mol. The lowest BCUT2D eigenvalue weighted by molar-refractivity contribution is -0.274. The third-order valence-electron chi connectivity index (χ3n) is 2.59. The van der Waals surface area contributed by atoms with Crippen molar-refractivity contribution in [3.05, 3.63) is 35.8 Å². The van der Waals surface area contributed by atoms with Crippen LogP contribution in [0.2, 0.25) is 0 Å². The molecule has 23 heavy (non-hydrogen) atoms. The molecule has 0 fully saturated rings. The SMILES string of the molecule is COc1nn(-c2ccc(OC(F)(F)F)cc2)c(F)c1C(F)(F)F. The predicted octanol–water partition coefficient (Wildman–Crippen LogP) is 3.94. The van der Waals surface area contributed by atoms with E-state index in [0.717, 1.165) is 31.4 Å². The van der Waals surface area contributed by atoms with E-state index in [1.807, 2.05) is 0 Å². The Morgan fingerprint density at radius 2 is 1.57 bits per heavy atom. The molecule has 0 bridgehead atoms. The first kappa shape index (κ1) is 16.9. The maximum Gasteiger partial charge on any atom is 0.573 e. The Balaban J connectivity index is 2.41. The van der Waals surface area contributed by atoms with Crippen LogP contribution < -0.4 is 9.47 Å². The van der Waals surface area contributed by atoms with Gasteiger partial charge in [0.1, 0.15) is 5.75 Å². The highest BCUT2D eigenvalue weighted by Crippen LogP contribution is 2.38. The molecule has 1 heterocycles. The Morgan fingerprint density at radius 1 is 1.00 bits per heavy atom. The zero-order valence-corrected chi connectivity index (χ0v) is 11.2. The van der Waals surface area contributed by atoms with Crippen LogP contribution in [0, 0.1) is 5.95 Å². The van der Waals surface area contributed by atoms with Crippen molar-refractivity contribution in [3.63, 3.8) is 0 Å². The lowest BCUT2D eigenvalue weighted by atomic mass is 10.3. The van der Waals surface area contributed by atoms with Gasteiger partial charge in [0.25, 0.3) is 0 Å². The van der Waals surface area contributed by atoms with E-state index < -0.39 is 35.7 Å². The van der Waals surface area contributed by atoms with Gasteiger partial charge in [-0.1, -0.05) is 0 Å². The number of rotatable bonds is 3. The summed E-state index contributed by atoms with van der Waals surface area (Å²) in [5.41, 5.74) is -1.96. The molecule has 0 N–H and O–H groups in total. The molecule has 2 aromatic rings. The summed E-state index contributed by atoms with van der Waals surface area (Å²) >= 11 is 0. The van der Waals surface area contributed by atoms with E-state index in [4.69, 9.17) is 0 Å². The van der Waals surface area contributed by atoms with Crippen molar-refractivity contribution in [1.29, 1.82) is 0 Å². The van der Waals surface area contributed by atoms with Crippen molar-refractivity contribution in [2.24, 2.45) is 0 Å². The molecule has 0 amide bonds. The molecule has 11 heteroatoms. The van der Waals surface area contributed by atoms with Gasteiger partial charge in [-0.15, -0.1) is 18.3 Å². The first-order valence-corrected chi connectivity index (χ1v) is 5.79. The Morgan fingerprint density at radius 3 is 1.96 bits per heavy atom. The minimum Gasteiger partial charge on any atom is -0.479 e. The molecule has 2 rings (SSSR count). The molecule has 1 aromatic heterocycles. The fourth-order valence-corrected chi connectivity index (χ4v) is 1.72. The number of methoxy groups -OCH3 is 1. The third-order valence-corrected chi connectivity index (χ3v) is 2.59. The summed E-state index contributed by atoms with van der Waals surface area (Å²) in [7, 11) is 0.877. The molecule has 0 saturated carbocycles. The van der Waals surface area contributed by atoms with Gasteiger partial charge in [-0.25, -0.2) is 4.68 Å². The van der Waals surface area contributed by atoms with Gasteiger partial charge in [0.05, 0.1) is 12.8 Å². The van der Waals surface area contributed by atoms with Crippen LogP contribution in [0.15, 0.2) is 24.3 Å². The normalized spacial score (nSPS) is 12.3. The second-order valence-corrected chi connectivity index (χ2v) is 4.13. The standard InChI is InChI=1S/C12H7F7N2O2/c1-22-10-8(11(14,15)16)9(13)21(20-10)6-2-4-7(5-3-6)23-12(17,18)19/h2-5H,1H3. The second-order valence-electron chi connectivity index (χ2n) is 4.13. The summed E-state index contributed by atoms with van der Waals surface area (Å²) in [6, 6.07) is 3.45. The highest BCUT2D eigenvalue weighted by molar-refractivity contribution is 5.40. The average Bonchev–Trinajstić information content (AvgIpc) is 2.74. The number of nitrogens with zero attached hydrogens (tertiary/aromatic N) is 2. The molecule has 0 aliphatic carbocycles. The van der Waals surface area contributed by atoms with Gasteiger partial charge in [-0.2, -0.15) is 17.6 Å². The van der Waals surface area contributed by atoms with Gasteiger partial charge >= 0.3 is 12.5 Å². The molecule has 0 aliphatic heterocycles. The van der Waals surface area contributed by atoms with Crippen LogP contribution in [0.4, 0.5) is 30.7 Å². The van der Waals surface area contributed by atoms with Crippen LogP contribution >= 0.6 is 0 Å². The van der Waals surface area contributed by atoms with Crippen molar-refractivity contribution in [2.75, 3.05) is 7.11 Å². The second kappa shape index (κ2) is 5.63. The van der Waals surface area contributed by atoms with Crippen LogP contribution in [0.5, 0.6) is 11.6 Å². The van der Waals surface area contributed by atoms with Gasteiger partial charge in [0, 0.05) is 0 Å². The largest absolute Gasteiger partial charge is 0.573 e. The van der Waals surface area contributed by atoms with E-state index in [0.29, 0.717) is 0 Å². The average molecular weight is 344 g/mol. The summed E-state index contributed by atoms with van der Waals surface area (Å²) in [6.07, 6.45) is -9.97. The van der Waals surface area contributed by atoms with Gasteiger partial charge in [0.15, 0.2) is 5.56 Å². The molecule has 0 saturated heterocycles. The Kier molecular flexibility index (Phi) is 4.14. The summed E-state index contributed by atoms with van der Waals surface area (Å²) in [6.45, 7) is 0. The fourth-order valence-electron chi connectivity index (χ4n) is 1.72. The quantitative estimate of drug-likeness (QED) is 0.792. The van der Waals surface area contributed by atoms with Crippen LogP contribution in [0.1, 0.15) is 5.56 Å². The minimum atomic E-state index is -5.05. The van der Waals surface area contributed by atoms with Crippen LogP contribution in [0.25, 0.3) is 5.69 Å². The summed E-state index contributed by atoms with van der Waals surface area (Å²) in [5.74, 6) is -3.36. The number of benzene rings is 1. The van der Waals surface area contributed by atoms with E-state index in [9.17, 15) is 30.7 Å². The molecule has 1 aromatic carbocycles. The van der Waals surface area contributed by atoms with E-state index >= 15 is 0 Å². The molecule has 4 nitrogen and oxygen atoms in total. The first-order chi connectivity index (χ1) is 10.5. The van der Waals surface area contributed by atoms with E-state index in [1.165, 1.54) is 0 Å². The van der Waals surface area contributed by atoms with Gasteiger partial charge < -0.3 is 9.47 Å². The Hall–Kier alpha value is -2.46. The Bertz CT molecular complexity index is 689. The number of alkyl halides is 6. The van der Waals surface area contributed by atoms with E-state index in [1.54, 1.807) is 0 Å². The van der Waals surface area contributed by atoms with Crippen LogP contribution in [-0.2, 0) is 6.18 Å². The van der Waals surface area contributed by atoms with Crippen molar-refractivity contribution in [2.45, 2.75) is 12.5 Å². The minimum absolute atomic E-state index is 0.245. The van der Waals surface area contributed by atoms with Crippen LogP contribution in [0.3, 0.4) is 0 Å². The fraction of sp³-hybridized carbons (Fsp3) is 0.250. The summed E-state index contributed by atoms with van der Waals surface area (Å²) in [5, 5.41) is 3.31. The molecule has 0 spiro atoms. The predicted molar refractivity (Wildman–Crippen MR) is 61.8 cm³/mol. The molecular formula is C12H7F7N2O2. The smallest absolute Gasteiger partial charge is 0.479 e. The number of hydrogen-bond acceptors (Lipinski definition) is 3. The van der Waals surface area contributed by atoms with Gasteiger partial charge in [-0.05, 0) is 24.3 Å². The van der Waals surface area contributed by atoms with Crippen LogP contribution in [-0.4, -0.2) is 23.3 Å². The number of ether oxygens (including phenoxy) is 2. The number of aromatic nitrogens is 2. The third kappa shape index (κ3) is 3.66. The monoisotopic (exact) mass is 344 g/mol. The summed E-state index contributed by atoms with van der Waals surface area (Å²) < 4.78 is 96.5. The molecule has 0 radical (unpaired) electrons. The van der Waals surface area contributed by atoms with Crippen molar-refractivity contribution >= 4 is 0 Å². The number of hydrogen-bond donors (Lipinski definition) is 0. The van der Waals surface area contributed by atoms with E-state index in [-0.39, 0.29) is 10.4 Å².